The number of carbonyl (C=O) groups is 3. The Bertz CT molecular complexity index is 1880. The number of carboxylic acid groups (broad SMARTS) is 2. The third kappa shape index (κ3) is 5.76. The molecule has 2 aliphatic heterocycles. The Kier molecular flexibility index (Phi) is 9.37. The molecule has 2 N–H and O–H groups in total. The van der Waals surface area contributed by atoms with Gasteiger partial charge in [-0.1, -0.05) is 54.3 Å². The molecule has 0 fully saturated rings. The number of ketones is 1. The van der Waals surface area contributed by atoms with E-state index in [2.05, 4.69) is 6.92 Å². The fraction of sp³-hybridized carbons (Fsp3) is 0.382. The van der Waals surface area contributed by atoms with Gasteiger partial charge in [0.2, 0.25) is 0 Å². The molecule has 1 atom stereocenters. The summed E-state index contributed by atoms with van der Waals surface area (Å²) < 4.78 is 0. The minimum absolute atomic E-state index is 0. The summed E-state index contributed by atoms with van der Waals surface area (Å²) >= 11 is 0. The monoisotopic (exact) mass is 636 g/mol. The van der Waals surface area contributed by atoms with Crippen molar-refractivity contribution in [3.63, 3.8) is 0 Å². The van der Waals surface area contributed by atoms with Gasteiger partial charge >= 0.3 is 29.0 Å². The van der Waals surface area contributed by atoms with Crippen LogP contribution in [-0.2, 0) is 44.9 Å². The number of nitrogens with zero attached hydrogens (tertiary/aromatic N) is 4. The molecule has 0 amide bonds. The minimum Gasteiger partial charge on any atom is -0.657 e. The molecular formula is C34H36FeN4O5+. The predicted molar refractivity (Wildman–Crippen MR) is 165 cm³/mol. The molecule has 0 aromatic carbocycles. The Hall–Kier alpha value is -4.01. The molecule has 2 aliphatic rings. The van der Waals surface area contributed by atoms with Gasteiger partial charge in [0, 0.05) is 12.8 Å². The summed E-state index contributed by atoms with van der Waals surface area (Å²) in [4.78, 5) is 56.4. The van der Waals surface area contributed by atoms with E-state index in [1.807, 2.05) is 52.8 Å². The van der Waals surface area contributed by atoms with Crippen molar-refractivity contribution in [1.82, 2.24) is 19.9 Å². The first-order chi connectivity index (χ1) is 20.4. The zero-order valence-electron chi connectivity index (χ0n) is 25.8. The number of rotatable bonds is 8. The zero-order chi connectivity index (χ0) is 31.2. The van der Waals surface area contributed by atoms with Crippen LogP contribution in [0.15, 0.2) is 24.3 Å². The van der Waals surface area contributed by atoms with Crippen molar-refractivity contribution < 1.29 is 41.7 Å². The van der Waals surface area contributed by atoms with Crippen molar-refractivity contribution in [2.75, 3.05) is 0 Å². The van der Waals surface area contributed by atoms with Gasteiger partial charge in [0.05, 0.1) is 22.5 Å². The molecule has 1 radical (unpaired) electrons. The Balaban J connectivity index is 0.00000442. The van der Waals surface area contributed by atoms with Crippen LogP contribution in [0.1, 0.15) is 103 Å². The second-order valence-electron chi connectivity index (χ2n) is 11.6. The topological polar surface area (TPSA) is 146 Å². The van der Waals surface area contributed by atoms with E-state index >= 15 is 0 Å². The van der Waals surface area contributed by atoms with Gasteiger partial charge in [-0.3, -0.25) is 14.4 Å². The minimum atomic E-state index is -0.927. The fourth-order valence-electron chi connectivity index (χ4n) is 6.06. The van der Waals surface area contributed by atoms with Crippen molar-refractivity contribution >= 4 is 50.9 Å². The molecule has 5 heterocycles. The number of aromatic nitrogens is 4. The molecule has 5 rings (SSSR count). The van der Waals surface area contributed by atoms with Crippen molar-refractivity contribution in [2.24, 2.45) is 0 Å². The smallest absolute Gasteiger partial charge is 0.657 e. The van der Waals surface area contributed by atoms with Crippen LogP contribution in [0.3, 0.4) is 0 Å². The van der Waals surface area contributed by atoms with Gasteiger partial charge in [0.1, 0.15) is 5.69 Å². The van der Waals surface area contributed by atoms with E-state index in [0.717, 1.165) is 50.9 Å². The molecule has 44 heavy (non-hydrogen) atoms. The van der Waals surface area contributed by atoms with E-state index in [-0.39, 0.29) is 48.5 Å². The molecule has 0 aliphatic carbocycles. The fourth-order valence-corrected chi connectivity index (χ4v) is 6.06. The Labute approximate surface area is 266 Å². The SMILES string of the molecule is CCc1c(C)c2cc3nc(cc4[n-]c(cc5nc(cc1[n-]2)[C@](C)(CC)C5=O)c(C)c4CCC(=O)O)C(CCC(=O)O)=C3C.[Fe+3]. The third-order valence-electron chi connectivity index (χ3n) is 9.03. The largest absolute Gasteiger partial charge is 3.00 e. The van der Waals surface area contributed by atoms with E-state index in [1.54, 1.807) is 6.07 Å². The summed E-state index contributed by atoms with van der Waals surface area (Å²) in [5.41, 5.74) is 9.34. The van der Waals surface area contributed by atoms with Crippen LogP contribution in [0.5, 0.6) is 0 Å². The van der Waals surface area contributed by atoms with Crippen molar-refractivity contribution in [3.8, 4) is 0 Å². The van der Waals surface area contributed by atoms with Crippen LogP contribution in [0, 0.1) is 13.8 Å². The van der Waals surface area contributed by atoms with Crippen LogP contribution < -0.4 is 9.97 Å². The number of aliphatic carboxylic acids is 2. The van der Waals surface area contributed by atoms with Crippen LogP contribution in [-0.4, -0.2) is 37.9 Å². The van der Waals surface area contributed by atoms with Crippen molar-refractivity contribution in [2.45, 2.75) is 85.5 Å². The van der Waals surface area contributed by atoms with Crippen molar-refractivity contribution in [1.29, 1.82) is 0 Å². The number of fused-ring (bicyclic) bond motifs is 8. The van der Waals surface area contributed by atoms with Crippen LogP contribution in [0.4, 0.5) is 0 Å². The summed E-state index contributed by atoms with van der Waals surface area (Å²) in [6.45, 7) is 11.8. The van der Waals surface area contributed by atoms with Gasteiger partial charge in [-0.05, 0) is 70.6 Å². The van der Waals surface area contributed by atoms with E-state index in [1.165, 1.54) is 0 Å². The molecule has 0 unspecified atom stereocenters. The van der Waals surface area contributed by atoms with E-state index < -0.39 is 17.4 Å². The first kappa shape index (κ1) is 32.9. The van der Waals surface area contributed by atoms with Crippen LogP contribution in [0.25, 0.3) is 33.2 Å². The zero-order valence-corrected chi connectivity index (χ0v) is 26.9. The summed E-state index contributed by atoms with van der Waals surface area (Å²) in [6, 6.07) is 7.36. The number of hydrogen-bond acceptors (Lipinski definition) is 5. The van der Waals surface area contributed by atoms with E-state index in [9.17, 15) is 24.6 Å². The van der Waals surface area contributed by atoms with Gasteiger partial charge in [-0.15, -0.1) is 22.1 Å². The first-order valence-electron chi connectivity index (χ1n) is 14.7. The van der Waals surface area contributed by atoms with E-state index in [0.29, 0.717) is 40.2 Å². The van der Waals surface area contributed by atoms with Crippen LogP contribution in [0.2, 0.25) is 0 Å². The maximum absolute atomic E-state index is 13.8. The summed E-state index contributed by atoms with van der Waals surface area (Å²) in [6.07, 6.45) is 1.69. The number of Topliss-reactive ketones (excluding diaryl/α,β-unsaturated/α-hetero) is 1. The molecule has 0 saturated carbocycles. The molecule has 0 saturated heterocycles. The molecule has 229 valence electrons. The molecule has 3 aromatic heterocycles. The van der Waals surface area contributed by atoms with Gasteiger partial charge in [0.15, 0.2) is 5.78 Å². The number of carbonyl (C=O) groups excluding carboxylic acids is 1. The Morgan fingerprint density at radius 3 is 1.91 bits per heavy atom. The average Bonchev–Trinajstić information content (AvgIpc) is 3.59. The second kappa shape index (κ2) is 12.5. The number of aryl methyl sites for hydroxylation is 4. The molecule has 10 heteroatoms. The second-order valence-corrected chi connectivity index (χ2v) is 11.6. The van der Waals surface area contributed by atoms with Gasteiger partial charge < -0.3 is 20.2 Å². The molecule has 9 nitrogen and oxygen atoms in total. The van der Waals surface area contributed by atoms with Gasteiger partial charge in [0.25, 0.3) is 0 Å². The molecule has 8 bridgehead atoms. The average molecular weight is 637 g/mol. The maximum Gasteiger partial charge on any atom is 3.00 e. The van der Waals surface area contributed by atoms with E-state index in [4.69, 9.17) is 19.9 Å². The summed E-state index contributed by atoms with van der Waals surface area (Å²) in [5.74, 6) is -1.92. The maximum atomic E-state index is 13.8. The van der Waals surface area contributed by atoms with Gasteiger partial charge in [-0.25, -0.2) is 9.97 Å². The Morgan fingerprint density at radius 2 is 1.32 bits per heavy atom. The standard InChI is InChI=1S/C34H38N4O5.Fe/c1-7-20-17(3)23-13-24-18(4)21(9-11-31(39)40)26(35-24)15-27-22(10-12-32(41)42)19(5)25(36-27)14-29-33(43)34(6,8-2)30(38-29)16-28(20)37-23;/h13-16H,7-12H2,1-6H3,(H4,35,36,37,38,39,40,41,42,43);/q;+3/p-2/t34-;/m0./s1. The van der Waals surface area contributed by atoms with Crippen LogP contribution >= 0.6 is 0 Å². The number of allylic oxidation sites excluding steroid dienone is 2. The third-order valence-corrected chi connectivity index (χ3v) is 9.03. The Morgan fingerprint density at radius 1 is 0.773 bits per heavy atom. The normalized spacial score (nSPS) is 16.3. The number of carboxylic acids is 2. The van der Waals surface area contributed by atoms with Crippen molar-refractivity contribution in [3.05, 3.63) is 69.3 Å². The number of hydrogen-bond donors (Lipinski definition) is 2. The quantitative estimate of drug-likeness (QED) is 0.280. The predicted octanol–water partition coefficient (Wildman–Crippen LogP) is 6.11. The molecule has 3 aromatic rings. The summed E-state index contributed by atoms with van der Waals surface area (Å²) in [7, 11) is 0. The first-order valence-corrected chi connectivity index (χ1v) is 14.7. The molecular weight excluding hydrogens is 600 g/mol. The van der Waals surface area contributed by atoms with Gasteiger partial charge in [-0.2, -0.15) is 0 Å². The summed E-state index contributed by atoms with van der Waals surface area (Å²) in [5, 5.41) is 18.9. The molecule has 0 spiro atoms.